The molecule has 0 unspecified atom stereocenters. The predicted molar refractivity (Wildman–Crippen MR) is 141 cm³/mol. The number of ether oxygens (including phenoxy) is 1. The molecule has 3 aromatic rings. The van der Waals surface area contributed by atoms with E-state index in [-0.39, 0.29) is 18.4 Å². The number of hydroxylamine groups is 1. The molecule has 2 aromatic heterocycles. The zero-order valence-corrected chi connectivity index (χ0v) is 21.6. The second kappa shape index (κ2) is 12.7. The first-order valence-electron chi connectivity index (χ1n) is 12.0. The normalized spacial score (nSPS) is 19.6. The van der Waals surface area contributed by atoms with Gasteiger partial charge in [-0.15, -0.1) is 23.1 Å². The number of thiophene rings is 1. The molecule has 0 saturated carbocycles. The monoisotopic (exact) mass is 515 g/mol. The Morgan fingerprint density at radius 3 is 2.97 bits per heavy atom. The van der Waals surface area contributed by atoms with Crippen LogP contribution in [0.25, 0.3) is 10.9 Å². The minimum absolute atomic E-state index is 0.113. The van der Waals surface area contributed by atoms with E-state index >= 15 is 0 Å². The van der Waals surface area contributed by atoms with Gasteiger partial charge in [-0.2, -0.15) is 5.48 Å². The molecular formula is C26H33N3O4S2. The topological polar surface area (TPSA) is 94.9 Å². The van der Waals surface area contributed by atoms with Crippen molar-refractivity contribution in [1.29, 1.82) is 0 Å². The Bertz CT molecular complexity index is 1100. The number of piperidine rings is 1. The summed E-state index contributed by atoms with van der Waals surface area (Å²) in [6.07, 6.45) is 4.48. The first kappa shape index (κ1) is 25.9. The highest BCUT2D eigenvalue weighted by Gasteiger charge is 2.31. The van der Waals surface area contributed by atoms with Crippen molar-refractivity contribution in [1.82, 2.24) is 15.4 Å². The third-order valence-electron chi connectivity index (χ3n) is 6.90. The van der Waals surface area contributed by atoms with Crippen LogP contribution in [0.3, 0.4) is 0 Å². The minimum atomic E-state index is -0.737. The molecule has 1 aliphatic heterocycles. The summed E-state index contributed by atoms with van der Waals surface area (Å²) in [6, 6.07) is 11.6. The number of aromatic nitrogens is 1. The molecule has 0 bridgehead atoms. The van der Waals surface area contributed by atoms with Gasteiger partial charge in [0, 0.05) is 36.8 Å². The van der Waals surface area contributed by atoms with Crippen molar-refractivity contribution < 1.29 is 19.8 Å². The number of carbonyl (C=O) groups is 1. The van der Waals surface area contributed by atoms with E-state index in [0.717, 1.165) is 60.4 Å². The SMILES string of the molecule is COc1ccc2nccc([C@H](CC[C@@H]3CCN(CCSc4cccs4)C[C@@H]3CC(=O)O)NO)c2c1. The minimum Gasteiger partial charge on any atom is -0.497 e. The molecular weight excluding hydrogens is 482 g/mol. The number of nitrogens with one attached hydrogen (secondary N) is 1. The van der Waals surface area contributed by atoms with Crippen molar-refractivity contribution in [2.45, 2.75) is 35.9 Å². The van der Waals surface area contributed by atoms with Crippen LogP contribution in [0.15, 0.2) is 52.2 Å². The number of hydrogen-bond donors (Lipinski definition) is 3. The van der Waals surface area contributed by atoms with Crippen molar-refractivity contribution >= 4 is 40.0 Å². The third kappa shape index (κ3) is 6.95. The summed E-state index contributed by atoms with van der Waals surface area (Å²) < 4.78 is 6.71. The summed E-state index contributed by atoms with van der Waals surface area (Å²) in [7, 11) is 1.63. The fourth-order valence-corrected chi connectivity index (χ4v) is 6.93. The molecule has 0 spiro atoms. The van der Waals surface area contributed by atoms with E-state index < -0.39 is 5.97 Å². The van der Waals surface area contributed by atoms with Crippen LogP contribution in [0.1, 0.15) is 37.3 Å². The molecule has 188 valence electrons. The Labute approximate surface area is 214 Å². The largest absolute Gasteiger partial charge is 0.497 e. The summed E-state index contributed by atoms with van der Waals surface area (Å²) in [5.74, 6) is 1.45. The fourth-order valence-electron chi connectivity index (χ4n) is 5.06. The average Bonchev–Trinajstić information content (AvgIpc) is 3.38. The Kier molecular flexibility index (Phi) is 9.39. The molecule has 7 nitrogen and oxygen atoms in total. The van der Waals surface area contributed by atoms with Crippen LogP contribution < -0.4 is 10.2 Å². The number of hydrogen-bond acceptors (Lipinski definition) is 8. The molecule has 0 radical (unpaired) electrons. The number of aliphatic carboxylic acids is 1. The van der Waals surface area contributed by atoms with Gasteiger partial charge in [-0.05, 0) is 78.9 Å². The molecule has 9 heteroatoms. The first-order valence-corrected chi connectivity index (χ1v) is 13.9. The fraction of sp³-hybridized carbons (Fsp3) is 0.462. The number of rotatable bonds is 12. The molecule has 1 fully saturated rings. The maximum absolute atomic E-state index is 11.6. The van der Waals surface area contributed by atoms with E-state index in [2.05, 4.69) is 32.9 Å². The van der Waals surface area contributed by atoms with Crippen LogP contribution in [0.4, 0.5) is 0 Å². The van der Waals surface area contributed by atoms with Crippen molar-refractivity contribution in [2.75, 3.05) is 32.5 Å². The van der Waals surface area contributed by atoms with Gasteiger partial charge in [-0.3, -0.25) is 9.78 Å². The highest BCUT2D eigenvalue weighted by atomic mass is 32.2. The van der Waals surface area contributed by atoms with Crippen LogP contribution in [0.2, 0.25) is 0 Å². The van der Waals surface area contributed by atoms with E-state index in [4.69, 9.17) is 4.74 Å². The van der Waals surface area contributed by atoms with Crippen LogP contribution in [0, 0.1) is 11.8 Å². The maximum Gasteiger partial charge on any atom is 0.303 e. The van der Waals surface area contributed by atoms with Gasteiger partial charge >= 0.3 is 5.97 Å². The van der Waals surface area contributed by atoms with Crippen molar-refractivity contribution in [3.63, 3.8) is 0 Å². The van der Waals surface area contributed by atoms with Gasteiger partial charge < -0.3 is 20.0 Å². The number of fused-ring (bicyclic) bond motifs is 1. The average molecular weight is 516 g/mol. The predicted octanol–water partition coefficient (Wildman–Crippen LogP) is 5.31. The number of nitrogens with zero attached hydrogens (tertiary/aromatic N) is 2. The van der Waals surface area contributed by atoms with Gasteiger partial charge in [-0.25, -0.2) is 0 Å². The van der Waals surface area contributed by atoms with Gasteiger partial charge in [0.25, 0.3) is 0 Å². The summed E-state index contributed by atoms with van der Waals surface area (Å²) in [5, 5.41) is 22.6. The third-order valence-corrected chi connectivity index (χ3v) is 9.01. The smallest absolute Gasteiger partial charge is 0.303 e. The Morgan fingerprint density at radius 2 is 2.23 bits per heavy atom. The lowest BCUT2D eigenvalue weighted by molar-refractivity contribution is -0.139. The molecule has 0 amide bonds. The number of methoxy groups -OCH3 is 1. The van der Waals surface area contributed by atoms with Gasteiger partial charge in [0.2, 0.25) is 0 Å². The molecule has 4 rings (SSSR count). The molecule has 1 saturated heterocycles. The number of pyridine rings is 1. The first-order chi connectivity index (χ1) is 17.1. The summed E-state index contributed by atoms with van der Waals surface area (Å²) in [6.45, 7) is 2.77. The number of benzene rings is 1. The maximum atomic E-state index is 11.6. The Morgan fingerprint density at radius 1 is 1.34 bits per heavy atom. The van der Waals surface area contributed by atoms with E-state index in [1.165, 1.54) is 4.21 Å². The summed E-state index contributed by atoms with van der Waals surface area (Å²) in [5.41, 5.74) is 4.31. The quantitative estimate of drug-likeness (QED) is 0.221. The molecule has 3 N–H and O–H groups in total. The highest BCUT2D eigenvalue weighted by molar-refractivity contribution is 8.01. The highest BCUT2D eigenvalue weighted by Crippen LogP contribution is 2.35. The number of likely N-dealkylation sites (tertiary alicyclic amines) is 1. The van der Waals surface area contributed by atoms with Gasteiger partial charge in [-0.1, -0.05) is 6.07 Å². The lowest BCUT2D eigenvalue weighted by atomic mass is 9.79. The van der Waals surface area contributed by atoms with Crippen molar-refractivity contribution in [2.24, 2.45) is 11.8 Å². The lowest BCUT2D eigenvalue weighted by Crippen LogP contribution is -2.42. The molecule has 1 aromatic carbocycles. The summed E-state index contributed by atoms with van der Waals surface area (Å²) in [4.78, 5) is 18.5. The number of thioether (sulfide) groups is 1. The van der Waals surface area contributed by atoms with E-state index in [9.17, 15) is 15.1 Å². The van der Waals surface area contributed by atoms with Crippen LogP contribution in [-0.4, -0.2) is 58.7 Å². The molecule has 0 aliphatic carbocycles. The molecule has 3 atom stereocenters. The summed E-state index contributed by atoms with van der Waals surface area (Å²) >= 11 is 3.63. The van der Waals surface area contributed by atoms with Crippen LogP contribution >= 0.6 is 23.1 Å². The Balaban J connectivity index is 1.39. The van der Waals surface area contributed by atoms with E-state index in [1.807, 2.05) is 36.0 Å². The van der Waals surface area contributed by atoms with Crippen LogP contribution in [0.5, 0.6) is 5.75 Å². The van der Waals surface area contributed by atoms with Gasteiger partial charge in [0.15, 0.2) is 0 Å². The van der Waals surface area contributed by atoms with Gasteiger partial charge in [0.1, 0.15) is 5.75 Å². The molecule has 1 aliphatic rings. The second-order valence-electron chi connectivity index (χ2n) is 9.03. The zero-order chi connectivity index (χ0) is 24.6. The van der Waals surface area contributed by atoms with Crippen molar-refractivity contribution in [3.05, 3.63) is 53.5 Å². The van der Waals surface area contributed by atoms with E-state index in [0.29, 0.717) is 12.3 Å². The lowest BCUT2D eigenvalue weighted by Gasteiger charge is -2.38. The zero-order valence-electron chi connectivity index (χ0n) is 19.9. The second-order valence-corrected chi connectivity index (χ2v) is 11.4. The van der Waals surface area contributed by atoms with E-state index in [1.54, 1.807) is 24.6 Å². The standard InChI is InChI=1S/C26H33N3O4S2/c1-33-20-5-7-23-22(16-20)21(8-10-27-23)24(28-32)6-4-18-9-11-29(17-19(18)15-25(30)31)12-14-35-26-3-2-13-34-26/h2-3,5,7-8,10,13,16,18-19,24,28,32H,4,6,9,11-12,14-15,17H2,1H3,(H,30,31)/t18-,19+,24+/m1/s1. The van der Waals surface area contributed by atoms with Crippen LogP contribution in [-0.2, 0) is 4.79 Å². The van der Waals surface area contributed by atoms with Crippen molar-refractivity contribution in [3.8, 4) is 5.75 Å². The number of carboxylic acids is 1. The number of carboxylic acid groups (broad SMARTS) is 1. The van der Waals surface area contributed by atoms with Gasteiger partial charge in [0.05, 0.1) is 22.9 Å². The Hall–Kier alpha value is -2.17. The molecule has 35 heavy (non-hydrogen) atoms. The molecule has 3 heterocycles.